The average Bonchev–Trinajstić information content (AvgIpc) is 2.61. The third-order valence-corrected chi connectivity index (χ3v) is 3.71. The maximum atomic E-state index is 12.7. The maximum absolute atomic E-state index is 12.7. The van der Waals surface area contributed by atoms with Crippen molar-refractivity contribution in [1.29, 1.82) is 0 Å². The lowest BCUT2D eigenvalue weighted by atomic mass is 9.90. The molecule has 4 unspecified atom stereocenters. The molecule has 30 heavy (non-hydrogen) atoms. The van der Waals surface area contributed by atoms with Crippen LogP contribution < -0.4 is 0 Å². The smallest absolute Gasteiger partial charge is 0.303 e. The second-order valence-corrected chi connectivity index (χ2v) is 6.73. The molecule has 0 aromatic rings. The van der Waals surface area contributed by atoms with Gasteiger partial charge in [0.25, 0.3) is 6.47 Å². The fourth-order valence-corrected chi connectivity index (χ4v) is 2.54. The van der Waals surface area contributed by atoms with Gasteiger partial charge in [0, 0.05) is 33.6 Å². The highest BCUT2D eigenvalue weighted by Crippen LogP contribution is 2.24. The minimum Gasteiger partial charge on any atom is -0.467 e. The molecule has 0 bridgehead atoms. The fraction of sp³-hybridized carbons (Fsp3) is 0.684. The van der Waals surface area contributed by atoms with Gasteiger partial charge in [0.15, 0.2) is 18.0 Å². The predicted octanol–water partition coefficient (Wildman–Crippen LogP) is 0.359. The van der Waals surface area contributed by atoms with Crippen molar-refractivity contribution in [2.75, 3.05) is 13.2 Å². The Labute approximate surface area is 174 Å². The van der Waals surface area contributed by atoms with Gasteiger partial charge in [-0.25, -0.2) is 0 Å². The van der Waals surface area contributed by atoms with Gasteiger partial charge >= 0.3 is 23.9 Å². The molecular weight excluding hydrogens is 404 g/mol. The van der Waals surface area contributed by atoms with Crippen LogP contribution in [-0.2, 0) is 52.5 Å². The lowest BCUT2D eigenvalue weighted by molar-refractivity contribution is -0.194. The standard InChI is InChI=1S/C19H28O11/c1-10(2)16(25)18(29-13(5)23)19(30-14(6)24)17(28-12(4)22)15(7-26-9-20)8-27-11(3)21/h9-10,15,17-19H,7-8H2,1-6H3. The number of hydrogen-bond acceptors (Lipinski definition) is 11. The Morgan fingerprint density at radius 2 is 1.23 bits per heavy atom. The number of carbonyl (C=O) groups is 6. The van der Waals surface area contributed by atoms with Gasteiger partial charge in [-0.15, -0.1) is 0 Å². The number of rotatable bonds is 13. The largest absolute Gasteiger partial charge is 0.467 e. The summed E-state index contributed by atoms with van der Waals surface area (Å²) in [6.07, 6.45) is -4.65. The molecule has 0 aromatic heterocycles. The van der Waals surface area contributed by atoms with Crippen LogP contribution in [0.5, 0.6) is 0 Å². The molecule has 0 fully saturated rings. The Morgan fingerprint density at radius 1 is 0.733 bits per heavy atom. The second-order valence-electron chi connectivity index (χ2n) is 6.73. The summed E-state index contributed by atoms with van der Waals surface area (Å²) in [5, 5.41) is 0. The highest BCUT2D eigenvalue weighted by molar-refractivity contribution is 5.88. The number of carbonyl (C=O) groups excluding carboxylic acids is 6. The van der Waals surface area contributed by atoms with Crippen LogP contribution in [0.3, 0.4) is 0 Å². The molecule has 4 atom stereocenters. The highest BCUT2D eigenvalue weighted by atomic mass is 16.6. The zero-order chi connectivity index (χ0) is 23.4. The van der Waals surface area contributed by atoms with Gasteiger partial charge in [0.05, 0.1) is 5.92 Å². The van der Waals surface area contributed by atoms with E-state index in [0.717, 1.165) is 27.7 Å². The van der Waals surface area contributed by atoms with E-state index in [0.29, 0.717) is 0 Å². The molecule has 0 radical (unpaired) electrons. The van der Waals surface area contributed by atoms with Gasteiger partial charge in [-0.05, 0) is 0 Å². The van der Waals surface area contributed by atoms with E-state index in [4.69, 9.17) is 23.7 Å². The summed E-state index contributed by atoms with van der Waals surface area (Å²) in [5.41, 5.74) is 0. The summed E-state index contributed by atoms with van der Waals surface area (Å²) in [4.78, 5) is 69.7. The fourth-order valence-electron chi connectivity index (χ4n) is 2.54. The van der Waals surface area contributed by atoms with Crippen molar-refractivity contribution >= 4 is 36.1 Å². The van der Waals surface area contributed by atoms with E-state index in [1.807, 2.05) is 0 Å². The van der Waals surface area contributed by atoms with Crippen molar-refractivity contribution in [3.05, 3.63) is 0 Å². The van der Waals surface area contributed by atoms with Crippen LogP contribution >= 0.6 is 0 Å². The summed E-state index contributed by atoms with van der Waals surface area (Å²) in [6, 6.07) is 0. The molecule has 0 amide bonds. The molecule has 0 saturated carbocycles. The van der Waals surface area contributed by atoms with Gasteiger partial charge in [-0.1, -0.05) is 13.8 Å². The molecule has 0 heterocycles. The van der Waals surface area contributed by atoms with E-state index in [2.05, 4.69) is 0 Å². The zero-order valence-electron chi connectivity index (χ0n) is 17.9. The van der Waals surface area contributed by atoms with Gasteiger partial charge in [-0.2, -0.15) is 0 Å². The van der Waals surface area contributed by atoms with Crippen molar-refractivity contribution in [2.24, 2.45) is 11.8 Å². The number of esters is 4. The predicted molar refractivity (Wildman–Crippen MR) is 98.6 cm³/mol. The average molecular weight is 432 g/mol. The maximum Gasteiger partial charge on any atom is 0.303 e. The van der Waals surface area contributed by atoms with Crippen molar-refractivity contribution in [2.45, 2.75) is 59.9 Å². The minimum atomic E-state index is -1.62. The minimum absolute atomic E-state index is 0.120. The number of ether oxygens (including phenoxy) is 5. The van der Waals surface area contributed by atoms with E-state index in [1.54, 1.807) is 0 Å². The summed E-state index contributed by atoms with van der Waals surface area (Å²) in [5.74, 6) is -5.46. The quantitative estimate of drug-likeness (QED) is 0.225. The summed E-state index contributed by atoms with van der Waals surface area (Å²) >= 11 is 0. The molecule has 0 aliphatic rings. The van der Waals surface area contributed by atoms with Crippen molar-refractivity contribution in [1.82, 2.24) is 0 Å². The van der Waals surface area contributed by atoms with E-state index in [9.17, 15) is 28.8 Å². The second kappa shape index (κ2) is 13.3. The third-order valence-electron chi connectivity index (χ3n) is 3.71. The SMILES string of the molecule is CC(=O)OCC(COC=O)C(OC(C)=O)C(OC(C)=O)C(OC(C)=O)C(=O)C(C)C. The molecule has 11 nitrogen and oxygen atoms in total. The first kappa shape index (κ1) is 27.0. The number of ketones is 1. The van der Waals surface area contributed by atoms with E-state index in [-0.39, 0.29) is 6.47 Å². The van der Waals surface area contributed by atoms with Gasteiger partial charge in [-0.3, -0.25) is 28.8 Å². The Hall–Kier alpha value is -2.98. The summed E-state index contributed by atoms with van der Waals surface area (Å²) in [7, 11) is 0. The zero-order valence-corrected chi connectivity index (χ0v) is 17.9. The van der Waals surface area contributed by atoms with Crippen LogP contribution in [0.15, 0.2) is 0 Å². The molecular formula is C19H28O11. The molecule has 0 spiro atoms. The number of hydrogen-bond donors (Lipinski definition) is 0. The topological polar surface area (TPSA) is 149 Å². The van der Waals surface area contributed by atoms with E-state index in [1.165, 1.54) is 13.8 Å². The van der Waals surface area contributed by atoms with Crippen LogP contribution in [0.4, 0.5) is 0 Å². The third kappa shape index (κ3) is 9.99. The Balaban J connectivity index is 6.33. The molecule has 0 rings (SSSR count). The highest BCUT2D eigenvalue weighted by Gasteiger charge is 2.46. The van der Waals surface area contributed by atoms with E-state index < -0.39 is 73.0 Å². The van der Waals surface area contributed by atoms with Crippen LogP contribution in [0, 0.1) is 11.8 Å². The van der Waals surface area contributed by atoms with Crippen molar-refractivity contribution in [3.8, 4) is 0 Å². The number of Topliss-reactive ketones (excluding diaryl/α,β-unsaturated/α-hetero) is 1. The van der Waals surface area contributed by atoms with Gasteiger partial charge < -0.3 is 23.7 Å². The first-order chi connectivity index (χ1) is 13.9. The molecule has 0 saturated heterocycles. The van der Waals surface area contributed by atoms with Crippen LogP contribution in [0.1, 0.15) is 41.5 Å². The molecule has 0 N–H and O–H groups in total. The van der Waals surface area contributed by atoms with Crippen molar-refractivity contribution < 1.29 is 52.5 Å². The van der Waals surface area contributed by atoms with Crippen LogP contribution in [0.2, 0.25) is 0 Å². The Bertz CT molecular complexity index is 640. The molecule has 11 heteroatoms. The first-order valence-corrected chi connectivity index (χ1v) is 9.14. The van der Waals surface area contributed by atoms with Crippen LogP contribution in [-0.4, -0.2) is 67.7 Å². The van der Waals surface area contributed by atoms with E-state index >= 15 is 0 Å². The Kier molecular flexibility index (Phi) is 12.0. The summed E-state index contributed by atoms with van der Waals surface area (Å²) < 4.78 is 25.2. The van der Waals surface area contributed by atoms with Gasteiger partial charge in [0.2, 0.25) is 6.10 Å². The molecule has 170 valence electrons. The Morgan fingerprint density at radius 3 is 1.63 bits per heavy atom. The molecule has 0 aromatic carbocycles. The monoisotopic (exact) mass is 432 g/mol. The van der Waals surface area contributed by atoms with Crippen LogP contribution in [0.25, 0.3) is 0 Å². The first-order valence-electron chi connectivity index (χ1n) is 9.14. The van der Waals surface area contributed by atoms with Crippen molar-refractivity contribution in [3.63, 3.8) is 0 Å². The normalized spacial score (nSPS) is 14.5. The van der Waals surface area contributed by atoms with Gasteiger partial charge in [0.1, 0.15) is 13.2 Å². The summed E-state index contributed by atoms with van der Waals surface area (Å²) in [6.45, 7) is 6.68. The lowest BCUT2D eigenvalue weighted by Crippen LogP contribution is -2.54. The molecule has 0 aliphatic heterocycles. The molecule has 0 aliphatic carbocycles. The lowest BCUT2D eigenvalue weighted by Gasteiger charge is -2.35.